The van der Waals surface area contributed by atoms with Gasteiger partial charge in [-0.3, -0.25) is 0 Å². The van der Waals surface area contributed by atoms with Crippen LogP contribution < -0.4 is 4.74 Å². The monoisotopic (exact) mass is 291 g/mol. The molecule has 2 nitrogen and oxygen atoms in total. The third-order valence-corrected chi connectivity index (χ3v) is 2.26. The fourth-order valence-electron chi connectivity index (χ4n) is 0.781. The first-order chi connectivity index (χ1) is 6.13. The Labute approximate surface area is 89.5 Å². The van der Waals surface area contributed by atoms with Crippen LogP contribution in [0.25, 0.3) is 0 Å². The molecular formula is C9H7FINO. The molecule has 1 aromatic carbocycles. The van der Waals surface area contributed by atoms with Crippen LogP contribution in [-0.2, 0) is 0 Å². The standard InChI is InChI=1S/C9H7FINO/c1-6(5-12)13-7-2-3-9(11)8(10)4-7/h2-4,6H,1H3. The Hall–Kier alpha value is -0.830. The third kappa shape index (κ3) is 2.84. The van der Waals surface area contributed by atoms with Crippen molar-refractivity contribution in [1.29, 1.82) is 5.26 Å². The molecule has 0 N–H and O–H groups in total. The van der Waals surface area contributed by atoms with Crippen LogP contribution in [0.4, 0.5) is 4.39 Å². The molecule has 0 amide bonds. The largest absolute Gasteiger partial charge is 0.476 e. The highest BCUT2D eigenvalue weighted by atomic mass is 127. The fraction of sp³-hybridized carbons (Fsp3) is 0.222. The van der Waals surface area contributed by atoms with Crippen molar-refractivity contribution < 1.29 is 9.13 Å². The number of nitriles is 1. The van der Waals surface area contributed by atoms with Gasteiger partial charge in [-0.2, -0.15) is 5.26 Å². The quantitative estimate of drug-likeness (QED) is 0.785. The number of hydrogen-bond donors (Lipinski definition) is 0. The number of hydrogen-bond acceptors (Lipinski definition) is 2. The second kappa shape index (κ2) is 4.42. The molecule has 0 spiro atoms. The second-order valence-electron chi connectivity index (χ2n) is 2.47. The smallest absolute Gasteiger partial charge is 0.181 e. The first-order valence-corrected chi connectivity index (χ1v) is 4.72. The van der Waals surface area contributed by atoms with Crippen LogP contribution in [-0.4, -0.2) is 6.10 Å². The van der Waals surface area contributed by atoms with E-state index in [0.717, 1.165) is 0 Å². The molecule has 0 saturated carbocycles. The van der Waals surface area contributed by atoms with Crippen molar-refractivity contribution in [3.8, 4) is 11.8 Å². The summed E-state index contributed by atoms with van der Waals surface area (Å²) in [6.45, 7) is 1.61. The van der Waals surface area contributed by atoms with Crippen LogP contribution in [0.2, 0.25) is 0 Å². The van der Waals surface area contributed by atoms with Gasteiger partial charge in [0.05, 0.1) is 0 Å². The van der Waals surface area contributed by atoms with Gasteiger partial charge in [0.1, 0.15) is 17.6 Å². The first-order valence-electron chi connectivity index (χ1n) is 3.65. The maximum atomic E-state index is 13.0. The van der Waals surface area contributed by atoms with Crippen molar-refractivity contribution in [2.24, 2.45) is 0 Å². The predicted octanol–water partition coefficient (Wildman–Crippen LogP) is 2.72. The lowest BCUT2D eigenvalue weighted by atomic mass is 10.3. The summed E-state index contributed by atoms with van der Waals surface area (Å²) in [4.78, 5) is 0. The van der Waals surface area contributed by atoms with E-state index >= 15 is 0 Å². The van der Waals surface area contributed by atoms with E-state index in [0.29, 0.717) is 9.32 Å². The number of halogens is 2. The molecule has 4 heteroatoms. The molecule has 0 saturated heterocycles. The van der Waals surface area contributed by atoms with Crippen molar-refractivity contribution in [3.63, 3.8) is 0 Å². The van der Waals surface area contributed by atoms with E-state index in [4.69, 9.17) is 10.00 Å². The van der Waals surface area contributed by atoms with Crippen molar-refractivity contribution in [1.82, 2.24) is 0 Å². The van der Waals surface area contributed by atoms with Gasteiger partial charge in [-0.15, -0.1) is 0 Å². The summed E-state index contributed by atoms with van der Waals surface area (Å²) in [5.74, 6) is 0.0511. The van der Waals surface area contributed by atoms with Gasteiger partial charge < -0.3 is 4.74 Å². The fourth-order valence-corrected chi connectivity index (χ4v) is 1.12. The number of ether oxygens (including phenoxy) is 1. The summed E-state index contributed by atoms with van der Waals surface area (Å²) in [6, 6.07) is 6.42. The predicted molar refractivity (Wildman–Crippen MR) is 54.8 cm³/mol. The minimum absolute atomic E-state index is 0.330. The van der Waals surface area contributed by atoms with E-state index in [1.54, 1.807) is 19.1 Å². The highest BCUT2D eigenvalue weighted by molar-refractivity contribution is 14.1. The van der Waals surface area contributed by atoms with Crippen LogP contribution in [0.15, 0.2) is 18.2 Å². The molecule has 1 aromatic rings. The molecule has 0 bridgehead atoms. The molecule has 0 aliphatic rings. The van der Waals surface area contributed by atoms with Crippen molar-refractivity contribution in [2.75, 3.05) is 0 Å². The molecule has 0 aliphatic carbocycles. The SMILES string of the molecule is CC(C#N)Oc1ccc(I)c(F)c1. The summed E-state index contributed by atoms with van der Waals surface area (Å²) >= 11 is 1.89. The van der Waals surface area contributed by atoms with Crippen molar-refractivity contribution in [3.05, 3.63) is 27.6 Å². The van der Waals surface area contributed by atoms with E-state index in [-0.39, 0.29) is 5.82 Å². The van der Waals surface area contributed by atoms with Crippen LogP contribution >= 0.6 is 22.6 Å². The Morgan fingerprint density at radius 1 is 1.62 bits per heavy atom. The van der Waals surface area contributed by atoms with Crippen molar-refractivity contribution >= 4 is 22.6 Å². The highest BCUT2D eigenvalue weighted by Crippen LogP contribution is 2.18. The molecule has 68 valence electrons. The van der Waals surface area contributed by atoms with Crippen LogP contribution in [0, 0.1) is 20.7 Å². The normalized spacial score (nSPS) is 11.8. The molecule has 13 heavy (non-hydrogen) atoms. The summed E-state index contributed by atoms with van der Waals surface area (Å²) in [7, 11) is 0. The summed E-state index contributed by atoms with van der Waals surface area (Å²) in [6.07, 6.45) is -0.556. The zero-order valence-electron chi connectivity index (χ0n) is 6.92. The van der Waals surface area contributed by atoms with Gasteiger partial charge in [0.25, 0.3) is 0 Å². The summed E-state index contributed by atoms with van der Waals surface area (Å²) in [5, 5.41) is 8.45. The Morgan fingerprint density at radius 2 is 2.31 bits per heavy atom. The van der Waals surface area contributed by atoms with E-state index < -0.39 is 6.10 Å². The average molecular weight is 291 g/mol. The van der Waals surface area contributed by atoms with Crippen molar-refractivity contribution in [2.45, 2.75) is 13.0 Å². The van der Waals surface area contributed by atoms with E-state index in [1.807, 2.05) is 28.7 Å². The van der Waals surface area contributed by atoms with Crippen LogP contribution in [0.3, 0.4) is 0 Å². The van der Waals surface area contributed by atoms with Crippen LogP contribution in [0.1, 0.15) is 6.92 Å². The molecule has 0 radical (unpaired) electrons. The van der Waals surface area contributed by atoms with Gasteiger partial charge >= 0.3 is 0 Å². The zero-order chi connectivity index (χ0) is 9.84. The lowest BCUT2D eigenvalue weighted by Gasteiger charge is -2.07. The molecule has 0 aromatic heterocycles. The van der Waals surface area contributed by atoms with E-state index in [9.17, 15) is 4.39 Å². The Morgan fingerprint density at radius 3 is 2.85 bits per heavy atom. The Kier molecular flexibility index (Phi) is 3.48. The molecule has 0 aliphatic heterocycles. The maximum absolute atomic E-state index is 13.0. The minimum atomic E-state index is -0.556. The molecular weight excluding hydrogens is 284 g/mol. The van der Waals surface area contributed by atoms with Gasteiger partial charge in [0, 0.05) is 9.64 Å². The van der Waals surface area contributed by atoms with Gasteiger partial charge in [-0.1, -0.05) is 0 Å². The lowest BCUT2D eigenvalue weighted by molar-refractivity contribution is 0.275. The second-order valence-corrected chi connectivity index (χ2v) is 3.63. The molecule has 1 atom stereocenters. The van der Waals surface area contributed by atoms with Gasteiger partial charge in [-0.25, -0.2) is 4.39 Å². The lowest BCUT2D eigenvalue weighted by Crippen LogP contribution is -2.08. The number of rotatable bonds is 2. The Bertz CT molecular complexity index is 348. The molecule has 1 unspecified atom stereocenters. The molecule has 0 fully saturated rings. The van der Waals surface area contributed by atoms with Gasteiger partial charge in [-0.05, 0) is 41.6 Å². The first kappa shape index (κ1) is 10.3. The third-order valence-electron chi connectivity index (χ3n) is 1.39. The topological polar surface area (TPSA) is 33.0 Å². The zero-order valence-corrected chi connectivity index (χ0v) is 9.08. The van der Waals surface area contributed by atoms with E-state index in [2.05, 4.69) is 0 Å². The minimum Gasteiger partial charge on any atom is -0.476 e. The van der Waals surface area contributed by atoms with Crippen LogP contribution in [0.5, 0.6) is 5.75 Å². The summed E-state index contributed by atoms with van der Waals surface area (Å²) < 4.78 is 18.6. The maximum Gasteiger partial charge on any atom is 0.181 e. The van der Waals surface area contributed by atoms with Gasteiger partial charge in [0.2, 0.25) is 0 Å². The number of benzene rings is 1. The van der Waals surface area contributed by atoms with Gasteiger partial charge in [0.15, 0.2) is 6.10 Å². The summed E-state index contributed by atoms with van der Waals surface area (Å²) in [5.41, 5.74) is 0. The van der Waals surface area contributed by atoms with E-state index in [1.165, 1.54) is 6.07 Å². The Balaban J connectivity index is 2.81. The highest BCUT2D eigenvalue weighted by Gasteiger charge is 2.04. The average Bonchev–Trinajstić information content (AvgIpc) is 2.11. The molecule has 0 heterocycles. The molecule has 1 rings (SSSR count). The number of nitrogens with zero attached hydrogens (tertiary/aromatic N) is 1.